The van der Waals surface area contributed by atoms with Crippen LogP contribution in [0.4, 0.5) is 0 Å². The van der Waals surface area contributed by atoms with Crippen molar-refractivity contribution in [1.29, 1.82) is 0 Å². The zero-order valence-electron chi connectivity index (χ0n) is 14.1. The second-order valence-electron chi connectivity index (χ2n) is 6.86. The molecule has 2 unspecified atom stereocenters. The van der Waals surface area contributed by atoms with Gasteiger partial charge in [-0.1, -0.05) is 6.42 Å². The zero-order chi connectivity index (χ0) is 16.9. The van der Waals surface area contributed by atoms with Crippen molar-refractivity contribution in [3.8, 4) is 0 Å². The molecule has 2 aliphatic rings. The molecule has 2 rings (SSSR count). The van der Waals surface area contributed by atoms with Crippen molar-refractivity contribution in [2.75, 3.05) is 39.6 Å². The van der Waals surface area contributed by atoms with E-state index in [1.54, 1.807) is 7.11 Å². The van der Waals surface area contributed by atoms with Gasteiger partial charge in [-0.05, 0) is 44.7 Å². The summed E-state index contributed by atoms with van der Waals surface area (Å²) in [7, 11) is -1.59. The fourth-order valence-corrected chi connectivity index (χ4v) is 4.60. The van der Waals surface area contributed by atoms with E-state index in [1.807, 2.05) is 0 Å². The third-order valence-electron chi connectivity index (χ3n) is 5.01. The van der Waals surface area contributed by atoms with Crippen LogP contribution in [0.2, 0.25) is 0 Å². The average Bonchev–Trinajstić information content (AvgIpc) is 2.91. The quantitative estimate of drug-likeness (QED) is 0.594. The van der Waals surface area contributed by atoms with Crippen LogP contribution in [0.25, 0.3) is 0 Å². The Balaban J connectivity index is 1.91. The minimum atomic E-state index is -3.21. The van der Waals surface area contributed by atoms with Crippen molar-refractivity contribution in [2.24, 2.45) is 11.3 Å². The lowest BCUT2D eigenvalue weighted by Gasteiger charge is -2.36. The maximum Gasteiger partial charge on any atom is 0.228 e. The highest BCUT2D eigenvalue weighted by atomic mass is 32.2. The molecule has 23 heavy (non-hydrogen) atoms. The molecule has 8 heteroatoms. The summed E-state index contributed by atoms with van der Waals surface area (Å²) in [5.41, 5.74) is -0.460. The Morgan fingerprint density at radius 1 is 1.30 bits per heavy atom. The van der Waals surface area contributed by atoms with Gasteiger partial charge in [0.1, 0.15) is 0 Å². The number of nitrogens with one attached hydrogen (secondary N) is 3. The van der Waals surface area contributed by atoms with Gasteiger partial charge in [0.25, 0.3) is 0 Å². The Bertz CT molecular complexity index is 497. The third-order valence-corrected chi connectivity index (χ3v) is 5.74. The lowest BCUT2D eigenvalue weighted by atomic mass is 9.78. The molecule has 0 radical (unpaired) electrons. The highest BCUT2D eigenvalue weighted by Crippen LogP contribution is 2.30. The first kappa shape index (κ1) is 18.6. The summed E-state index contributed by atoms with van der Waals surface area (Å²) < 4.78 is 30.8. The third kappa shape index (κ3) is 5.14. The molecular weight excluding hydrogens is 318 g/mol. The molecule has 1 amide bonds. The average molecular weight is 347 g/mol. The monoisotopic (exact) mass is 347 g/mol. The van der Waals surface area contributed by atoms with Crippen molar-refractivity contribution in [3.63, 3.8) is 0 Å². The second kappa shape index (κ2) is 7.92. The fourth-order valence-electron chi connectivity index (χ4n) is 3.74. The first-order valence-corrected chi connectivity index (χ1v) is 10.2. The first-order valence-electron chi connectivity index (χ1n) is 8.31. The van der Waals surface area contributed by atoms with E-state index in [0.29, 0.717) is 13.2 Å². The van der Waals surface area contributed by atoms with E-state index in [1.165, 1.54) is 6.26 Å². The molecule has 7 nitrogen and oxygen atoms in total. The molecular formula is C15H29N3O4S. The van der Waals surface area contributed by atoms with Crippen LogP contribution in [0.15, 0.2) is 0 Å². The Morgan fingerprint density at radius 3 is 2.61 bits per heavy atom. The van der Waals surface area contributed by atoms with Gasteiger partial charge in [0.05, 0.1) is 18.3 Å². The molecule has 0 aromatic heterocycles. The molecule has 0 aromatic carbocycles. The number of sulfonamides is 1. The number of rotatable bonds is 7. The number of piperidine rings is 1. The summed E-state index contributed by atoms with van der Waals surface area (Å²) in [6.07, 6.45) is 5.47. The van der Waals surface area contributed by atoms with E-state index in [9.17, 15) is 13.2 Å². The van der Waals surface area contributed by atoms with Gasteiger partial charge < -0.3 is 15.4 Å². The zero-order valence-corrected chi connectivity index (χ0v) is 14.9. The molecule has 1 saturated heterocycles. The topological polar surface area (TPSA) is 96.5 Å². The van der Waals surface area contributed by atoms with Gasteiger partial charge in [0.2, 0.25) is 15.9 Å². The van der Waals surface area contributed by atoms with Crippen LogP contribution in [0.5, 0.6) is 0 Å². The summed E-state index contributed by atoms with van der Waals surface area (Å²) in [6.45, 7) is 2.58. The molecule has 1 saturated carbocycles. The first-order chi connectivity index (χ1) is 10.9. The highest BCUT2D eigenvalue weighted by Gasteiger charge is 2.40. The van der Waals surface area contributed by atoms with Gasteiger partial charge in [-0.15, -0.1) is 0 Å². The predicted octanol–water partition coefficient (Wildman–Crippen LogP) is -0.163. The van der Waals surface area contributed by atoms with Gasteiger partial charge in [0, 0.05) is 19.7 Å². The molecule has 2 fully saturated rings. The van der Waals surface area contributed by atoms with Crippen LogP contribution in [-0.4, -0.2) is 60.0 Å². The maximum atomic E-state index is 12.7. The normalized spacial score (nSPS) is 27.7. The van der Waals surface area contributed by atoms with Crippen LogP contribution in [0, 0.1) is 11.3 Å². The van der Waals surface area contributed by atoms with E-state index in [2.05, 4.69) is 15.4 Å². The van der Waals surface area contributed by atoms with Gasteiger partial charge in [0.15, 0.2) is 0 Å². The lowest BCUT2D eigenvalue weighted by Crippen LogP contribution is -2.51. The lowest BCUT2D eigenvalue weighted by molar-refractivity contribution is -0.136. The number of ether oxygens (including phenoxy) is 1. The SMILES string of the molecule is COCC1(C(=O)NCC2CCCC2NS(C)(=O)=O)CCNCC1. The van der Waals surface area contributed by atoms with E-state index in [-0.39, 0.29) is 17.9 Å². The van der Waals surface area contributed by atoms with Crippen LogP contribution in [0.1, 0.15) is 32.1 Å². The molecule has 0 aromatic rings. The molecule has 2 atom stereocenters. The Hall–Kier alpha value is -0.700. The highest BCUT2D eigenvalue weighted by molar-refractivity contribution is 7.88. The van der Waals surface area contributed by atoms with E-state index < -0.39 is 15.4 Å². The van der Waals surface area contributed by atoms with E-state index >= 15 is 0 Å². The van der Waals surface area contributed by atoms with Gasteiger partial charge >= 0.3 is 0 Å². The standard InChI is InChI=1S/C15H29N3O4S/c1-22-11-15(6-8-16-9-7-15)14(19)17-10-12-4-3-5-13(12)18-23(2,20)21/h12-13,16,18H,3-11H2,1-2H3,(H,17,19). The van der Waals surface area contributed by atoms with E-state index in [0.717, 1.165) is 45.2 Å². The molecule has 1 heterocycles. The summed E-state index contributed by atoms with van der Waals surface area (Å²) >= 11 is 0. The Labute approximate surface area is 139 Å². The smallest absolute Gasteiger partial charge is 0.228 e. The number of carbonyl (C=O) groups excluding carboxylic acids is 1. The van der Waals surface area contributed by atoms with Crippen LogP contribution >= 0.6 is 0 Å². The number of carbonyl (C=O) groups is 1. The van der Waals surface area contributed by atoms with Gasteiger partial charge in [-0.25, -0.2) is 13.1 Å². The molecule has 1 aliphatic carbocycles. The molecule has 0 spiro atoms. The summed E-state index contributed by atoms with van der Waals surface area (Å²) in [5.74, 6) is 0.195. The number of hydrogen-bond acceptors (Lipinski definition) is 5. The Kier molecular flexibility index (Phi) is 6.41. The fraction of sp³-hybridized carbons (Fsp3) is 0.933. The summed E-state index contributed by atoms with van der Waals surface area (Å²) in [5, 5.41) is 6.32. The predicted molar refractivity (Wildman–Crippen MR) is 88.5 cm³/mol. The van der Waals surface area contributed by atoms with Crippen molar-refractivity contribution in [2.45, 2.75) is 38.1 Å². The minimum absolute atomic E-state index is 0.0332. The Morgan fingerprint density at radius 2 is 2.00 bits per heavy atom. The molecule has 3 N–H and O–H groups in total. The van der Waals surface area contributed by atoms with Crippen molar-refractivity contribution >= 4 is 15.9 Å². The van der Waals surface area contributed by atoms with Crippen LogP contribution in [0.3, 0.4) is 0 Å². The largest absolute Gasteiger partial charge is 0.384 e. The molecule has 0 bridgehead atoms. The van der Waals surface area contributed by atoms with Crippen molar-refractivity contribution in [1.82, 2.24) is 15.4 Å². The molecule has 1 aliphatic heterocycles. The number of amides is 1. The second-order valence-corrected chi connectivity index (χ2v) is 8.64. The van der Waals surface area contributed by atoms with Crippen molar-refractivity contribution in [3.05, 3.63) is 0 Å². The number of methoxy groups -OCH3 is 1. The van der Waals surface area contributed by atoms with Gasteiger partial charge in [-0.3, -0.25) is 4.79 Å². The van der Waals surface area contributed by atoms with E-state index in [4.69, 9.17) is 4.74 Å². The number of hydrogen-bond donors (Lipinski definition) is 3. The van der Waals surface area contributed by atoms with Crippen LogP contribution < -0.4 is 15.4 Å². The van der Waals surface area contributed by atoms with Gasteiger partial charge in [-0.2, -0.15) is 0 Å². The maximum absolute atomic E-state index is 12.7. The molecule has 134 valence electrons. The summed E-state index contributed by atoms with van der Waals surface area (Å²) in [4.78, 5) is 12.7. The summed E-state index contributed by atoms with van der Waals surface area (Å²) in [6, 6.07) is -0.0725. The van der Waals surface area contributed by atoms with Crippen LogP contribution in [-0.2, 0) is 19.6 Å². The van der Waals surface area contributed by atoms with Crippen molar-refractivity contribution < 1.29 is 17.9 Å². The minimum Gasteiger partial charge on any atom is -0.384 e.